The number of pyridine rings is 1. The van der Waals surface area contributed by atoms with E-state index in [0.717, 1.165) is 5.69 Å². The Morgan fingerprint density at radius 1 is 1.06 bits per heavy atom. The second kappa shape index (κ2) is 8.91. The molecular formula is C23H18F4N6O3. The van der Waals surface area contributed by atoms with Gasteiger partial charge < -0.3 is 30.9 Å². The number of hydrogen-bond donors (Lipinski definition) is 4. The predicted molar refractivity (Wildman–Crippen MR) is 122 cm³/mol. The van der Waals surface area contributed by atoms with Gasteiger partial charge in [-0.2, -0.15) is 18.2 Å². The molecule has 0 aliphatic carbocycles. The average molecular weight is 502 g/mol. The summed E-state index contributed by atoms with van der Waals surface area (Å²) in [5, 5.41) is 10.5. The van der Waals surface area contributed by atoms with Gasteiger partial charge in [-0.15, -0.1) is 0 Å². The molecule has 2 aromatic carbocycles. The second-order valence-corrected chi connectivity index (χ2v) is 7.98. The average Bonchev–Trinajstić information content (AvgIpc) is 3.18. The Morgan fingerprint density at radius 2 is 1.83 bits per heavy atom. The van der Waals surface area contributed by atoms with Crippen molar-refractivity contribution in [1.82, 2.24) is 10.3 Å². The molecule has 2 aliphatic heterocycles. The summed E-state index contributed by atoms with van der Waals surface area (Å²) in [4.78, 5) is 30.2. The van der Waals surface area contributed by atoms with Gasteiger partial charge in [-0.05, 0) is 48.5 Å². The van der Waals surface area contributed by atoms with Crippen LogP contribution in [0.15, 0.2) is 54.6 Å². The van der Waals surface area contributed by atoms with Gasteiger partial charge in [-0.25, -0.2) is 9.18 Å². The zero-order valence-corrected chi connectivity index (χ0v) is 18.3. The molecule has 2 aliphatic rings. The van der Waals surface area contributed by atoms with E-state index in [4.69, 9.17) is 4.74 Å². The van der Waals surface area contributed by atoms with Crippen molar-refractivity contribution in [2.24, 2.45) is 0 Å². The maximum atomic E-state index is 13.9. The minimum Gasteiger partial charge on any atom is -0.439 e. The fraction of sp³-hybridized carbons (Fsp3) is 0.174. The van der Waals surface area contributed by atoms with Crippen molar-refractivity contribution in [3.8, 4) is 11.6 Å². The number of rotatable bonds is 4. The summed E-state index contributed by atoms with van der Waals surface area (Å²) < 4.78 is 58.2. The summed E-state index contributed by atoms with van der Waals surface area (Å²) in [6.45, 7) is 0.514. The fourth-order valence-corrected chi connectivity index (χ4v) is 3.77. The van der Waals surface area contributed by atoms with Crippen LogP contribution in [0.1, 0.15) is 12.0 Å². The second-order valence-electron chi connectivity index (χ2n) is 7.98. The third-order valence-corrected chi connectivity index (χ3v) is 5.48. The van der Waals surface area contributed by atoms with Crippen LogP contribution in [-0.4, -0.2) is 29.8 Å². The molecular weight excluding hydrogens is 484 g/mol. The molecule has 3 amide bonds. The van der Waals surface area contributed by atoms with Gasteiger partial charge in [-0.1, -0.05) is 0 Å². The third kappa shape index (κ3) is 4.80. The summed E-state index contributed by atoms with van der Waals surface area (Å²) in [6, 6.07) is 10.4. The molecule has 1 aromatic heterocycles. The largest absolute Gasteiger partial charge is 0.439 e. The first-order chi connectivity index (χ1) is 17.2. The van der Waals surface area contributed by atoms with Gasteiger partial charge >= 0.3 is 12.2 Å². The fourth-order valence-electron chi connectivity index (χ4n) is 3.77. The number of halogens is 4. The van der Waals surface area contributed by atoms with Crippen LogP contribution < -0.4 is 30.9 Å². The van der Waals surface area contributed by atoms with Gasteiger partial charge in [0.25, 0.3) is 0 Å². The number of carbonyl (C=O) groups excluding carboxylic acids is 2. The Bertz CT molecular complexity index is 1330. The van der Waals surface area contributed by atoms with E-state index in [9.17, 15) is 27.2 Å². The molecule has 3 heterocycles. The van der Waals surface area contributed by atoms with E-state index >= 15 is 0 Å². The Morgan fingerprint density at radius 3 is 2.58 bits per heavy atom. The van der Waals surface area contributed by atoms with Crippen molar-refractivity contribution >= 4 is 34.8 Å². The number of urea groups is 1. The highest BCUT2D eigenvalue weighted by Crippen LogP contribution is 2.36. The molecule has 1 unspecified atom stereocenters. The summed E-state index contributed by atoms with van der Waals surface area (Å²) >= 11 is 0. The quantitative estimate of drug-likeness (QED) is 0.385. The SMILES string of the molecule is O=C1CCN2c3nc(Oc4ccc(NC(=O)Nc5cc(C(F)(F)F)ccc5F)cc4)ccc3NC2N1. The van der Waals surface area contributed by atoms with Gasteiger partial charge in [0, 0.05) is 24.7 Å². The van der Waals surface area contributed by atoms with Crippen molar-refractivity contribution in [1.29, 1.82) is 0 Å². The molecule has 3 aromatic rings. The van der Waals surface area contributed by atoms with Crippen LogP contribution in [0.4, 0.5) is 45.2 Å². The smallest absolute Gasteiger partial charge is 0.416 e. The van der Waals surface area contributed by atoms with Crippen LogP contribution >= 0.6 is 0 Å². The molecule has 0 bridgehead atoms. The topological polar surface area (TPSA) is 108 Å². The first kappa shape index (κ1) is 23.2. The van der Waals surface area contributed by atoms with E-state index < -0.39 is 29.3 Å². The van der Waals surface area contributed by atoms with E-state index in [0.29, 0.717) is 54.3 Å². The first-order valence-corrected chi connectivity index (χ1v) is 10.7. The van der Waals surface area contributed by atoms with Crippen LogP contribution in [0.25, 0.3) is 0 Å². The number of aromatic nitrogens is 1. The molecule has 0 saturated carbocycles. The van der Waals surface area contributed by atoms with E-state index in [2.05, 4.69) is 26.3 Å². The zero-order valence-electron chi connectivity index (χ0n) is 18.3. The maximum absolute atomic E-state index is 13.9. The van der Waals surface area contributed by atoms with Crippen molar-refractivity contribution in [3.63, 3.8) is 0 Å². The molecule has 13 heteroatoms. The summed E-state index contributed by atoms with van der Waals surface area (Å²) in [5.41, 5.74) is -0.630. The van der Waals surface area contributed by atoms with Gasteiger partial charge in [0.1, 0.15) is 11.6 Å². The highest BCUT2D eigenvalue weighted by molar-refractivity contribution is 5.99. The van der Waals surface area contributed by atoms with Gasteiger partial charge in [-0.3, -0.25) is 4.79 Å². The molecule has 4 N–H and O–H groups in total. The lowest BCUT2D eigenvalue weighted by Gasteiger charge is -2.30. The lowest BCUT2D eigenvalue weighted by atomic mass is 10.2. The van der Waals surface area contributed by atoms with Crippen molar-refractivity contribution in [2.45, 2.75) is 18.9 Å². The van der Waals surface area contributed by atoms with E-state index in [-0.39, 0.29) is 12.2 Å². The molecule has 0 radical (unpaired) electrons. The van der Waals surface area contributed by atoms with Gasteiger partial charge in [0.05, 0.1) is 16.9 Å². The Balaban J connectivity index is 1.21. The molecule has 0 spiro atoms. The van der Waals surface area contributed by atoms with E-state index in [1.807, 2.05) is 4.90 Å². The van der Waals surface area contributed by atoms with Crippen LogP contribution in [0.2, 0.25) is 0 Å². The number of anilines is 4. The van der Waals surface area contributed by atoms with Crippen molar-refractivity contribution in [2.75, 3.05) is 27.4 Å². The molecule has 1 saturated heterocycles. The molecule has 9 nitrogen and oxygen atoms in total. The monoisotopic (exact) mass is 502 g/mol. The number of alkyl halides is 3. The number of amides is 3. The molecule has 1 fully saturated rings. The zero-order chi connectivity index (χ0) is 25.4. The van der Waals surface area contributed by atoms with E-state index in [1.165, 1.54) is 12.1 Å². The summed E-state index contributed by atoms with van der Waals surface area (Å²) in [7, 11) is 0. The standard InChI is InChI=1S/C23H18F4N6O3/c24-15-6-1-12(23(25,26)27)11-17(15)30-22(35)28-13-2-4-14(5-3-13)36-19-8-7-16-20(32-19)33-10-9-18(34)31-21(33)29-16/h1-8,11,21,29H,9-10H2,(H,31,34)(H2,28,30,35). The van der Waals surface area contributed by atoms with Crippen LogP contribution in [0.5, 0.6) is 11.6 Å². The highest BCUT2D eigenvalue weighted by atomic mass is 19.4. The number of fused-ring (bicyclic) bond motifs is 3. The number of benzene rings is 2. The molecule has 5 rings (SSSR count). The van der Waals surface area contributed by atoms with Crippen LogP contribution in [0, 0.1) is 5.82 Å². The summed E-state index contributed by atoms with van der Waals surface area (Å²) in [6.07, 6.45) is -4.68. The Hall–Kier alpha value is -4.55. The van der Waals surface area contributed by atoms with Gasteiger partial charge in [0.2, 0.25) is 11.8 Å². The highest BCUT2D eigenvalue weighted by Gasteiger charge is 2.35. The predicted octanol–water partition coefficient (Wildman–Crippen LogP) is 4.71. The minimum absolute atomic E-state index is 0.0460. The number of hydrogen-bond acceptors (Lipinski definition) is 6. The van der Waals surface area contributed by atoms with Crippen molar-refractivity contribution < 1.29 is 31.9 Å². The van der Waals surface area contributed by atoms with Crippen molar-refractivity contribution in [3.05, 3.63) is 66.0 Å². The number of ether oxygens (including phenoxy) is 1. The Kier molecular flexibility index (Phi) is 5.74. The molecule has 186 valence electrons. The minimum atomic E-state index is -4.67. The van der Waals surface area contributed by atoms with Gasteiger partial charge in [0.15, 0.2) is 12.1 Å². The third-order valence-electron chi connectivity index (χ3n) is 5.48. The lowest BCUT2D eigenvalue weighted by molar-refractivity contribution is -0.137. The normalized spacial score (nSPS) is 16.4. The Labute approximate surface area is 201 Å². The number of nitrogens with zero attached hydrogens (tertiary/aromatic N) is 2. The lowest BCUT2D eigenvalue weighted by Crippen LogP contribution is -2.55. The van der Waals surface area contributed by atoms with Crippen LogP contribution in [0.3, 0.4) is 0 Å². The number of carbonyl (C=O) groups is 2. The molecule has 1 atom stereocenters. The van der Waals surface area contributed by atoms with E-state index in [1.54, 1.807) is 24.3 Å². The van der Waals surface area contributed by atoms with Crippen LogP contribution in [-0.2, 0) is 11.0 Å². The molecule has 36 heavy (non-hydrogen) atoms. The summed E-state index contributed by atoms with van der Waals surface area (Å²) in [5.74, 6) is 0.320. The maximum Gasteiger partial charge on any atom is 0.416 e. The number of nitrogens with one attached hydrogen (secondary N) is 4. The first-order valence-electron chi connectivity index (χ1n) is 10.7.